The van der Waals surface area contributed by atoms with Gasteiger partial charge in [-0.25, -0.2) is 4.39 Å². The van der Waals surface area contributed by atoms with Crippen molar-refractivity contribution in [3.8, 4) is 0 Å². The van der Waals surface area contributed by atoms with Crippen molar-refractivity contribution in [1.82, 2.24) is 0 Å². The van der Waals surface area contributed by atoms with Crippen LogP contribution in [0.1, 0.15) is 47.2 Å². The monoisotopic (exact) mass is 265 g/mol. The molecule has 104 valence electrons. The van der Waals surface area contributed by atoms with Crippen molar-refractivity contribution in [2.24, 2.45) is 5.92 Å². The van der Waals surface area contributed by atoms with Crippen LogP contribution in [-0.2, 0) is 6.42 Å². The molecule has 0 spiro atoms. The molecule has 1 aliphatic carbocycles. The second kappa shape index (κ2) is 5.70. The lowest BCUT2D eigenvalue weighted by atomic mass is 9.78. The molecule has 0 bridgehead atoms. The molecule has 1 aromatic carbocycles. The van der Waals surface area contributed by atoms with E-state index in [1.54, 1.807) is 6.92 Å². The summed E-state index contributed by atoms with van der Waals surface area (Å²) in [5, 5.41) is 8.78. The highest BCUT2D eigenvalue weighted by atomic mass is 19.1. The molecule has 0 heterocycles. The first-order valence-corrected chi connectivity index (χ1v) is 6.78. The first-order chi connectivity index (χ1) is 9.06. The number of aliphatic hydroxyl groups is 1. The Hall–Kier alpha value is -1.42. The summed E-state index contributed by atoms with van der Waals surface area (Å²) in [7, 11) is 0. The second-order valence-corrected chi connectivity index (χ2v) is 5.25. The van der Waals surface area contributed by atoms with Crippen molar-refractivity contribution < 1.29 is 14.3 Å². The van der Waals surface area contributed by atoms with Crippen molar-refractivity contribution >= 4 is 11.5 Å². The molecule has 0 saturated heterocycles. The zero-order chi connectivity index (χ0) is 14.0. The highest BCUT2D eigenvalue weighted by Gasteiger charge is 2.30. The van der Waals surface area contributed by atoms with Gasteiger partial charge in [0.15, 0.2) is 5.78 Å². The predicted octanol–water partition coefficient (Wildman–Crippen LogP) is 2.62. The molecule has 1 atom stereocenters. The van der Waals surface area contributed by atoms with Crippen LogP contribution in [0.2, 0.25) is 0 Å². The fraction of sp³-hybridized carbons (Fsp3) is 0.533. The van der Waals surface area contributed by atoms with Crippen LogP contribution < -0.4 is 5.73 Å². The van der Waals surface area contributed by atoms with Crippen molar-refractivity contribution in [1.29, 1.82) is 0 Å². The Balaban J connectivity index is 2.26. The summed E-state index contributed by atoms with van der Waals surface area (Å²) in [5.41, 5.74) is 7.93. The Morgan fingerprint density at radius 1 is 1.47 bits per heavy atom. The van der Waals surface area contributed by atoms with Crippen LogP contribution in [0.15, 0.2) is 6.07 Å². The third-order valence-corrected chi connectivity index (χ3v) is 4.00. The van der Waals surface area contributed by atoms with E-state index < -0.39 is 0 Å². The summed E-state index contributed by atoms with van der Waals surface area (Å²) < 4.78 is 13.6. The molecule has 4 heteroatoms. The minimum atomic E-state index is -0.331. The van der Waals surface area contributed by atoms with Crippen molar-refractivity contribution in [3.05, 3.63) is 28.6 Å². The summed E-state index contributed by atoms with van der Waals surface area (Å²) in [5.74, 6) is -0.325. The molecule has 0 aliphatic heterocycles. The number of hydrogen-bond acceptors (Lipinski definition) is 3. The normalized spacial score (nSPS) is 18.5. The minimum absolute atomic E-state index is 0.0359. The molecule has 0 fully saturated rings. The quantitative estimate of drug-likeness (QED) is 0.649. The van der Waals surface area contributed by atoms with E-state index in [0.717, 1.165) is 24.8 Å². The lowest BCUT2D eigenvalue weighted by molar-refractivity contribution is 0.0891. The number of Topliss-reactive ketones (excluding diaryl/α,β-unsaturated/α-hetero) is 1. The van der Waals surface area contributed by atoms with Crippen molar-refractivity contribution in [2.45, 2.75) is 39.0 Å². The van der Waals surface area contributed by atoms with Gasteiger partial charge in [-0.3, -0.25) is 4.79 Å². The molecule has 3 nitrogen and oxygen atoms in total. The maximum atomic E-state index is 13.6. The van der Waals surface area contributed by atoms with Gasteiger partial charge in [0.2, 0.25) is 0 Å². The van der Waals surface area contributed by atoms with Gasteiger partial charge in [0.05, 0.1) is 0 Å². The number of benzene rings is 1. The van der Waals surface area contributed by atoms with Crippen LogP contribution in [0.5, 0.6) is 0 Å². The average molecular weight is 265 g/mol. The van der Waals surface area contributed by atoms with E-state index in [2.05, 4.69) is 0 Å². The Labute approximate surface area is 112 Å². The van der Waals surface area contributed by atoms with Gasteiger partial charge in [-0.1, -0.05) is 6.42 Å². The standard InChI is InChI=1S/C15H20FNO2/c1-9-11-6-5-10(4-2-3-7-18)15(19)14(11)13(17)8-12(9)16/h8,10,18H,2-7,17H2,1H3. The number of carbonyl (C=O) groups is 1. The molecular formula is C15H20FNO2. The predicted molar refractivity (Wildman–Crippen MR) is 72.6 cm³/mol. The van der Waals surface area contributed by atoms with Crippen LogP contribution in [-0.4, -0.2) is 17.5 Å². The van der Waals surface area contributed by atoms with Gasteiger partial charge in [0.25, 0.3) is 0 Å². The van der Waals surface area contributed by atoms with Crippen LogP contribution in [0, 0.1) is 18.7 Å². The van der Waals surface area contributed by atoms with Gasteiger partial charge in [0, 0.05) is 23.8 Å². The summed E-state index contributed by atoms with van der Waals surface area (Å²) in [6, 6.07) is 1.25. The number of unbranched alkanes of at least 4 members (excludes halogenated alkanes) is 1. The molecule has 0 radical (unpaired) electrons. The van der Waals surface area contributed by atoms with Crippen LogP contribution in [0.4, 0.5) is 10.1 Å². The average Bonchev–Trinajstić information content (AvgIpc) is 2.38. The number of hydrogen-bond donors (Lipinski definition) is 2. The third-order valence-electron chi connectivity index (χ3n) is 4.00. The van der Waals surface area contributed by atoms with Gasteiger partial charge in [-0.05, 0) is 49.8 Å². The lowest BCUT2D eigenvalue weighted by Gasteiger charge is -2.26. The summed E-state index contributed by atoms with van der Waals surface area (Å²) in [6.45, 7) is 1.86. The highest BCUT2D eigenvalue weighted by molar-refractivity contribution is 6.04. The zero-order valence-corrected chi connectivity index (χ0v) is 11.2. The molecule has 2 rings (SSSR count). The van der Waals surface area contributed by atoms with Crippen molar-refractivity contribution in [3.63, 3.8) is 0 Å². The Morgan fingerprint density at radius 3 is 2.89 bits per heavy atom. The number of carbonyl (C=O) groups excluding carboxylic acids is 1. The fourth-order valence-electron chi connectivity index (χ4n) is 2.86. The third kappa shape index (κ3) is 2.63. The Morgan fingerprint density at radius 2 is 2.21 bits per heavy atom. The van der Waals surface area contributed by atoms with Gasteiger partial charge in [-0.2, -0.15) is 0 Å². The topological polar surface area (TPSA) is 63.3 Å². The van der Waals surface area contributed by atoms with Crippen LogP contribution in [0.3, 0.4) is 0 Å². The Bertz CT molecular complexity index is 499. The first-order valence-electron chi connectivity index (χ1n) is 6.78. The lowest BCUT2D eigenvalue weighted by Crippen LogP contribution is -2.25. The Kier molecular flexibility index (Phi) is 4.20. The molecule has 1 aromatic rings. The smallest absolute Gasteiger partial charge is 0.168 e. The maximum absolute atomic E-state index is 13.6. The largest absolute Gasteiger partial charge is 0.398 e. The number of anilines is 1. The first kappa shape index (κ1) is 14.0. The molecular weight excluding hydrogens is 245 g/mol. The number of aliphatic hydroxyl groups excluding tert-OH is 1. The minimum Gasteiger partial charge on any atom is -0.398 e. The summed E-state index contributed by atoms with van der Waals surface area (Å²) in [6.07, 6.45) is 3.78. The van der Waals surface area contributed by atoms with Gasteiger partial charge in [0.1, 0.15) is 5.82 Å². The molecule has 3 N–H and O–H groups in total. The van der Waals surface area contributed by atoms with E-state index in [-0.39, 0.29) is 29.8 Å². The van der Waals surface area contributed by atoms with Gasteiger partial charge < -0.3 is 10.8 Å². The van der Waals surface area contributed by atoms with E-state index >= 15 is 0 Å². The van der Waals surface area contributed by atoms with Crippen LogP contribution in [0.25, 0.3) is 0 Å². The maximum Gasteiger partial charge on any atom is 0.168 e. The zero-order valence-electron chi connectivity index (χ0n) is 11.2. The van der Waals surface area contributed by atoms with Crippen molar-refractivity contribution in [2.75, 3.05) is 12.3 Å². The summed E-state index contributed by atoms with van der Waals surface area (Å²) in [4.78, 5) is 12.4. The number of nitrogens with two attached hydrogens (primary N) is 1. The van der Waals surface area contributed by atoms with E-state index in [1.807, 2.05) is 0 Å². The number of nitrogen functional groups attached to an aromatic ring is 1. The fourth-order valence-corrected chi connectivity index (χ4v) is 2.86. The highest BCUT2D eigenvalue weighted by Crippen LogP contribution is 2.35. The molecule has 0 amide bonds. The second-order valence-electron chi connectivity index (χ2n) is 5.25. The molecule has 19 heavy (non-hydrogen) atoms. The van der Waals surface area contributed by atoms with Gasteiger partial charge >= 0.3 is 0 Å². The molecule has 0 saturated carbocycles. The number of fused-ring (bicyclic) bond motifs is 1. The molecule has 1 unspecified atom stereocenters. The molecule has 1 aliphatic rings. The summed E-state index contributed by atoms with van der Waals surface area (Å²) >= 11 is 0. The van der Waals surface area contributed by atoms with Crippen LogP contribution >= 0.6 is 0 Å². The number of halogens is 1. The SMILES string of the molecule is Cc1c(F)cc(N)c2c1CCC(CCCCO)C2=O. The van der Waals surface area contributed by atoms with E-state index in [1.165, 1.54) is 6.07 Å². The number of rotatable bonds is 4. The van der Waals surface area contributed by atoms with E-state index in [4.69, 9.17) is 10.8 Å². The van der Waals surface area contributed by atoms with Gasteiger partial charge in [-0.15, -0.1) is 0 Å². The molecule has 0 aromatic heterocycles. The van der Waals surface area contributed by atoms with E-state index in [0.29, 0.717) is 24.0 Å². The number of ketones is 1. The van der Waals surface area contributed by atoms with E-state index in [9.17, 15) is 9.18 Å².